The van der Waals surface area contributed by atoms with E-state index >= 15 is 0 Å². The molecular formula is C17H15F3N4O2. The lowest BCUT2D eigenvalue weighted by Crippen LogP contribution is -2.13. The van der Waals surface area contributed by atoms with E-state index in [1.807, 2.05) is 0 Å². The SMILES string of the molecule is Cc1cc(C(F)(F)F)cc(O)c1-c1ccc2oc(N[C@@H]3C[C@H]3N)nc2n1. The average molecular weight is 364 g/mol. The molecule has 6 nitrogen and oxygen atoms in total. The van der Waals surface area contributed by atoms with Gasteiger partial charge in [0.25, 0.3) is 6.01 Å². The number of alkyl halides is 3. The number of nitrogens with two attached hydrogens (primary N) is 1. The van der Waals surface area contributed by atoms with E-state index in [1.54, 1.807) is 12.1 Å². The van der Waals surface area contributed by atoms with Gasteiger partial charge in [0, 0.05) is 17.6 Å². The van der Waals surface area contributed by atoms with Crippen LogP contribution in [0.15, 0.2) is 28.7 Å². The zero-order valence-electron chi connectivity index (χ0n) is 13.6. The fourth-order valence-corrected chi connectivity index (χ4v) is 2.82. The fraction of sp³-hybridized carbons (Fsp3) is 0.294. The lowest BCUT2D eigenvalue weighted by atomic mass is 10.0. The molecule has 136 valence electrons. The number of fused-ring (bicyclic) bond motifs is 1. The van der Waals surface area contributed by atoms with Crippen LogP contribution in [0.5, 0.6) is 5.75 Å². The van der Waals surface area contributed by atoms with Crippen molar-refractivity contribution in [3.05, 3.63) is 35.4 Å². The molecule has 2 aromatic heterocycles. The Hall–Kier alpha value is -2.81. The van der Waals surface area contributed by atoms with E-state index in [0.717, 1.165) is 12.5 Å². The average Bonchev–Trinajstić information content (AvgIpc) is 3.07. The number of phenols is 1. The third-order valence-electron chi connectivity index (χ3n) is 4.30. The molecule has 0 bridgehead atoms. The number of aromatic nitrogens is 2. The molecule has 2 atom stereocenters. The van der Waals surface area contributed by atoms with E-state index in [-0.39, 0.29) is 34.9 Å². The van der Waals surface area contributed by atoms with Crippen LogP contribution >= 0.6 is 0 Å². The number of oxazole rings is 1. The third-order valence-corrected chi connectivity index (χ3v) is 4.30. The normalized spacial score (nSPS) is 19.7. The molecular weight excluding hydrogens is 349 g/mol. The maximum absolute atomic E-state index is 12.9. The summed E-state index contributed by atoms with van der Waals surface area (Å²) in [6.45, 7) is 1.49. The van der Waals surface area contributed by atoms with E-state index in [2.05, 4.69) is 15.3 Å². The maximum atomic E-state index is 12.9. The Kier molecular flexibility index (Phi) is 3.58. The monoisotopic (exact) mass is 364 g/mol. The lowest BCUT2D eigenvalue weighted by molar-refractivity contribution is -0.137. The van der Waals surface area contributed by atoms with Crippen LogP contribution in [-0.2, 0) is 6.18 Å². The molecule has 4 N–H and O–H groups in total. The van der Waals surface area contributed by atoms with E-state index in [4.69, 9.17) is 10.2 Å². The molecule has 0 spiro atoms. The number of benzene rings is 1. The van der Waals surface area contributed by atoms with E-state index in [1.165, 1.54) is 6.92 Å². The summed E-state index contributed by atoms with van der Waals surface area (Å²) in [5.74, 6) is -0.491. The molecule has 1 saturated carbocycles. The quantitative estimate of drug-likeness (QED) is 0.659. The molecule has 0 radical (unpaired) electrons. The van der Waals surface area contributed by atoms with Crippen molar-refractivity contribution in [2.24, 2.45) is 5.73 Å². The maximum Gasteiger partial charge on any atom is 0.416 e. The first-order chi connectivity index (χ1) is 12.2. The summed E-state index contributed by atoms with van der Waals surface area (Å²) >= 11 is 0. The second kappa shape index (κ2) is 5.60. The minimum atomic E-state index is -4.53. The number of halogens is 3. The first-order valence-corrected chi connectivity index (χ1v) is 7.93. The van der Waals surface area contributed by atoms with Crippen LogP contribution in [0, 0.1) is 6.92 Å². The molecule has 0 unspecified atom stereocenters. The fourth-order valence-electron chi connectivity index (χ4n) is 2.82. The van der Waals surface area contributed by atoms with Crippen molar-refractivity contribution in [2.75, 3.05) is 5.32 Å². The molecule has 4 rings (SSSR count). The molecule has 0 saturated heterocycles. The van der Waals surface area contributed by atoms with Crippen molar-refractivity contribution in [3.63, 3.8) is 0 Å². The largest absolute Gasteiger partial charge is 0.507 e. The molecule has 1 fully saturated rings. The number of rotatable bonds is 3. The molecule has 1 aromatic carbocycles. The number of anilines is 1. The molecule has 0 amide bonds. The molecule has 2 heterocycles. The van der Waals surface area contributed by atoms with Crippen molar-refractivity contribution in [2.45, 2.75) is 31.6 Å². The van der Waals surface area contributed by atoms with E-state index < -0.39 is 17.5 Å². The van der Waals surface area contributed by atoms with Gasteiger partial charge in [-0.2, -0.15) is 18.2 Å². The Bertz CT molecular complexity index is 976. The van der Waals surface area contributed by atoms with Crippen LogP contribution in [0.25, 0.3) is 22.5 Å². The van der Waals surface area contributed by atoms with Crippen LogP contribution in [0.2, 0.25) is 0 Å². The van der Waals surface area contributed by atoms with Gasteiger partial charge in [-0.1, -0.05) is 0 Å². The summed E-state index contributed by atoms with van der Waals surface area (Å²) < 4.78 is 44.1. The number of nitrogens with one attached hydrogen (secondary N) is 1. The highest BCUT2D eigenvalue weighted by Gasteiger charge is 2.35. The van der Waals surface area contributed by atoms with Crippen LogP contribution in [0.3, 0.4) is 0 Å². The van der Waals surface area contributed by atoms with Gasteiger partial charge in [0.05, 0.1) is 11.3 Å². The number of phenolic OH excluding ortho intramolecular Hbond substituents is 1. The number of nitrogens with zero attached hydrogens (tertiary/aromatic N) is 2. The van der Waals surface area contributed by atoms with Crippen molar-refractivity contribution >= 4 is 17.2 Å². The minimum absolute atomic E-state index is 0.0697. The van der Waals surface area contributed by atoms with Gasteiger partial charge in [-0.25, -0.2) is 4.98 Å². The zero-order valence-corrected chi connectivity index (χ0v) is 13.6. The minimum Gasteiger partial charge on any atom is -0.507 e. The van der Waals surface area contributed by atoms with Crippen LogP contribution in [0.1, 0.15) is 17.5 Å². The number of pyridine rings is 1. The highest BCUT2D eigenvalue weighted by atomic mass is 19.4. The van der Waals surface area contributed by atoms with Crippen molar-refractivity contribution in [3.8, 4) is 17.0 Å². The standard InChI is InChI=1S/C17H15F3N4O2/c1-7-4-8(17(18,19)20)5-12(25)14(7)10-2-3-13-15(22-10)24-16(26-13)23-11-6-9(11)21/h2-5,9,11,25H,6,21H2,1H3,(H,22,23,24)/t9-,11-/m1/s1. The van der Waals surface area contributed by atoms with E-state index in [0.29, 0.717) is 17.3 Å². The van der Waals surface area contributed by atoms with Gasteiger partial charge < -0.3 is 20.6 Å². The Labute approximate surface area is 145 Å². The third kappa shape index (κ3) is 2.94. The van der Waals surface area contributed by atoms with Gasteiger partial charge in [0.2, 0.25) is 5.65 Å². The lowest BCUT2D eigenvalue weighted by Gasteiger charge is -2.13. The molecule has 26 heavy (non-hydrogen) atoms. The van der Waals surface area contributed by atoms with Gasteiger partial charge in [-0.3, -0.25) is 0 Å². The van der Waals surface area contributed by atoms with Crippen molar-refractivity contribution < 1.29 is 22.7 Å². The second-order valence-electron chi connectivity index (χ2n) is 6.37. The molecule has 9 heteroatoms. The smallest absolute Gasteiger partial charge is 0.416 e. The van der Waals surface area contributed by atoms with Crippen molar-refractivity contribution in [1.82, 2.24) is 9.97 Å². The Morgan fingerprint density at radius 3 is 2.62 bits per heavy atom. The van der Waals surface area contributed by atoms with Crippen molar-refractivity contribution in [1.29, 1.82) is 0 Å². The van der Waals surface area contributed by atoms with Crippen LogP contribution in [0.4, 0.5) is 19.2 Å². The topological polar surface area (TPSA) is 97.2 Å². The summed E-state index contributed by atoms with van der Waals surface area (Å²) in [6.07, 6.45) is -3.70. The molecule has 1 aliphatic carbocycles. The molecule has 0 aliphatic heterocycles. The predicted molar refractivity (Wildman–Crippen MR) is 88.6 cm³/mol. The molecule has 1 aliphatic rings. The Balaban J connectivity index is 1.72. The van der Waals surface area contributed by atoms with Crippen LogP contribution in [-0.4, -0.2) is 27.2 Å². The molecule has 3 aromatic rings. The van der Waals surface area contributed by atoms with Gasteiger partial charge in [-0.15, -0.1) is 0 Å². The Morgan fingerprint density at radius 1 is 1.27 bits per heavy atom. The van der Waals surface area contributed by atoms with E-state index in [9.17, 15) is 18.3 Å². The second-order valence-corrected chi connectivity index (χ2v) is 6.37. The first kappa shape index (κ1) is 16.6. The number of hydrogen-bond acceptors (Lipinski definition) is 6. The Morgan fingerprint density at radius 2 is 2.00 bits per heavy atom. The summed E-state index contributed by atoms with van der Waals surface area (Å²) in [5.41, 5.74) is 6.33. The summed E-state index contributed by atoms with van der Waals surface area (Å²) in [6, 6.07) is 5.32. The first-order valence-electron chi connectivity index (χ1n) is 7.93. The van der Waals surface area contributed by atoms with Crippen LogP contribution < -0.4 is 11.1 Å². The van der Waals surface area contributed by atoms with Gasteiger partial charge >= 0.3 is 6.18 Å². The zero-order chi connectivity index (χ0) is 18.6. The van der Waals surface area contributed by atoms with Gasteiger partial charge in [0.1, 0.15) is 5.75 Å². The number of aryl methyl sites for hydroxylation is 1. The van der Waals surface area contributed by atoms with Gasteiger partial charge in [-0.05, 0) is 43.2 Å². The summed E-state index contributed by atoms with van der Waals surface area (Å²) in [4.78, 5) is 8.53. The number of hydrogen-bond donors (Lipinski definition) is 3. The highest BCUT2D eigenvalue weighted by molar-refractivity contribution is 5.78. The predicted octanol–water partition coefficient (Wildman–Crippen LogP) is 3.43. The summed E-state index contributed by atoms with van der Waals surface area (Å²) in [5, 5.41) is 13.2. The van der Waals surface area contributed by atoms with Gasteiger partial charge in [0.15, 0.2) is 5.58 Å². The number of aromatic hydroxyl groups is 1. The highest BCUT2D eigenvalue weighted by Crippen LogP contribution is 2.39. The summed E-state index contributed by atoms with van der Waals surface area (Å²) in [7, 11) is 0.